The van der Waals surface area contributed by atoms with Crippen LogP contribution in [0.3, 0.4) is 0 Å². The third kappa shape index (κ3) is 2.80. The summed E-state index contributed by atoms with van der Waals surface area (Å²) < 4.78 is 4.65. The molecule has 25 heavy (non-hydrogen) atoms. The molecule has 2 aliphatic rings. The molecule has 0 saturated heterocycles. The van der Waals surface area contributed by atoms with Gasteiger partial charge in [0.25, 0.3) is 0 Å². The number of methoxy groups -OCH3 is 1. The lowest BCUT2D eigenvalue weighted by atomic mass is 9.95. The van der Waals surface area contributed by atoms with Crippen LogP contribution >= 0.6 is 0 Å². The molecule has 1 fully saturated rings. The van der Waals surface area contributed by atoms with Crippen LogP contribution in [0, 0.1) is 5.92 Å². The average Bonchev–Trinajstić information content (AvgIpc) is 3.25. The van der Waals surface area contributed by atoms with Crippen LogP contribution in [0.15, 0.2) is 42.5 Å². The predicted octanol–water partition coefficient (Wildman–Crippen LogP) is 2.64. The maximum Gasteiger partial charge on any atom is 0.311 e. The first kappa shape index (κ1) is 15.8. The van der Waals surface area contributed by atoms with E-state index < -0.39 is 0 Å². The summed E-state index contributed by atoms with van der Waals surface area (Å²) in [5.41, 5.74) is 3.31. The molecule has 1 aromatic carbocycles. The monoisotopic (exact) mass is 336 g/mol. The molecule has 4 rings (SSSR count). The van der Waals surface area contributed by atoms with E-state index in [2.05, 4.69) is 39.3 Å². The predicted molar refractivity (Wildman–Crippen MR) is 93.1 cm³/mol. The Morgan fingerprint density at radius 1 is 1.24 bits per heavy atom. The lowest BCUT2D eigenvalue weighted by molar-refractivity contribution is -0.139. The minimum atomic E-state index is -0.348. The topological polar surface area (TPSA) is 68.3 Å². The van der Waals surface area contributed by atoms with Crippen molar-refractivity contribution in [3.8, 4) is 0 Å². The summed E-state index contributed by atoms with van der Waals surface area (Å²) in [6.45, 7) is 0. The summed E-state index contributed by atoms with van der Waals surface area (Å²) in [6, 6.07) is 13.7. The van der Waals surface area contributed by atoms with Crippen molar-refractivity contribution in [1.82, 2.24) is 4.98 Å². The summed E-state index contributed by atoms with van der Waals surface area (Å²) in [6.07, 6.45) is 3.09. The van der Waals surface area contributed by atoms with Crippen LogP contribution in [-0.2, 0) is 32.6 Å². The van der Waals surface area contributed by atoms with Gasteiger partial charge in [-0.2, -0.15) is 0 Å². The van der Waals surface area contributed by atoms with E-state index in [1.165, 1.54) is 18.2 Å². The quantitative estimate of drug-likeness (QED) is 0.872. The van der Waals surface area contributed by atoms with Gasteiger partial charge < -0.3 is 10.1 Å². The first-order chi connectivity index (χ1) is 12.1. The molecule has 2 aliphatic carbocycles. The molecule has 1 heterocycles. The minimum absolute atomic E-state index is 0.00205. The van der Waals surface area contributed by atoms with E-state index in [4.69, 9.17) is 0 Å². The summed E-state index contributed by atoms with van der Waals surface area (Å²) in [5.74, 6) is 0.154. The van der Waals surface area contributed by atoms with E-state index in [1.807, 2.05) is 0 Å². The van der Waals surface area contributed by atoms with Crippen LogP contribution in [-0.4, -0.2) is 24.0 Å². The number of aromatic nitrogens is 1. The number of benzene rings is 1. The number of hydrogen-bond donors (Lipinski definition) is 1. The molecule has 0 aliphatic heterocycles. The molecular formula is C20H20N2O3. The molecule has 0 radical (unpaired) electrons. The molecule has 2 atom stereocenters. The van der Waals surface area contributed by atoms with Gasteiger partial charge in [0.2, 0.25) is 5.91 Å². The number of amides is 1. The number of nitrogens with zero attached hydrogens (tertiary/aromatic N) is 1. The fourth-order valence-electron chi connectivity index (χ4n) is 4.02. The van der Waals surface area contributed by atoms with Crippen molar-refractivity contribution in [2.24, 2.45) is 5.92 Å². The van der Waals surface area contributed by atoms with E-state index in [1.54, 1.807) is 18.2 Å². The SMILES string of the molecule is COC(=O)Cc1cccc(NC(=O)[C@H]2C[C@]23CCc2ccccc23)n1. The first-order valence-corrected chi connectivity index (χ1v) is 8.54. The first-order valence-electron chi connectivity index (χ1n) is 8.54. The molecule has 128 valence electrons. The Kier molecular flexibility index (Phi) is 3.79. The summed E-state index contributed by atoms with van der Waals surface area (Å²) in [7, 11) is 1.35. The molecule has 1 N–H and O–H groups in total. The van der Waals surface area contributed by atoms with Crippen LogP contribution in [0.25, 0.3) is 0 Å². The molecule has 5 heteroatoms. The van der Waals surface area contributed by atoms with Crippen LogP contribution in [0.4, 0.5) is 5.82 Å². The number of hydrogen-bond acceptors (Lipinski definition) is 4. The Hall–Kier alpha value is -2.69. The minimum Gasteiger partial charge on any atom is -0.469 e. The number of nitrogens with one attached hydrogen (secondary N) is 1. The van der Waals surface area contributed by atoms with Crippen molar-refractivity contribution >= 4 is 17.7 Å². The van der Waals surface area contributed by atoms with Crippen LogP contribution in [0.5, 0.6) is 0 Å². The summed E-state index contributed by atoms with van der Waals surface area (Å²) >= 11 is 0. The van der Waals surface area contributed by atoms with Gasteiger partial charge in [-0.15, -0.1) is 0 Å². The molecule has 1 aromatic heterocycles. The Bertz CT molecular complexity index is 848. The second-order valence-corrected chi connectivity index (χ2v) is 6.83. The zero-order chi connectivity index (χ0) is 17.4. The molecule has 0 bridgehead atoms. The Morgan fingerprint density at radius 2 is 2.08 bits per heavy atom. The third-order valence-corrected chi connectivity index (χ3v) is 5.40. The van der Waals surface area contributed by atoms with Gasteiger partial charge in [0.1, 0.15) is 5.82 Å². The summed E-state index contributed by atoms with van der Waals surface area (Å²) in [5, 5.41) is 2.92. The molecule has 1 amide bonds. The van der Waals surface area contributed by atoms with E-state index in [9.17, 15) is 9.59 Å². The van der Waals surface area contributed by atoms with Crippen LogP contribution < -0.4 is 5.32 Å². The largest absolute Gasteiger partial charge is 0.469 e. The number of aryl methyl sites for hydroxylation is 1. The number of anilines is 1. The normalized spacial score (nSPS) is 23.2. The number of carbonyl (C=O) groups is 2. The van der Waals surface area contributed by atoms with E-state index in [0.717, 1.165) is 19.3 Å². The highest BCUT2D eigenvalue weighted by Crippen LogP contribution is 2.61. The Morgan fingerprint density at radius 3 is 2.92 bits per heavy atom. The van der Waals surface area contributed by atoms with E-state index in [0.29, 0.717) is 11.5 Å². The standard InChI is InChI=1S/C20H20N2O3/c1-25-18(23)11-14-6-4-8-17(21-14)22-19(24)16-12-20(16)10-9-13-5-2-3-7-15(13)20/h2-8,16H,9-12H2,1H3,(H,21,22,24)/t16-,20+/m1/s1. The van der Waals surface area contributed by atoms with Gasteiger partial charge in [0.05, 0.1) is 19.2 Å². The lowest BCUT2D eigenvalue weighted by Crippen LogP contribution is -2.20. The van der Waals surface area contributed by atoms with Crippen LogP contribution in [0.1, 0.15) is 29.7 Å². The van der Waals surface area contributed by atoms with Gasteiger partial charge in [-0.25, -0.2) is 4.98 Å². The van der Waals surface area contributed by atoms with Crippen molar-refractivity contribution in [2.75, 3.05) is 12.4 Å². The highest BCUT2D eigenvalue weighted by molar-refractivity contribution is 5.95. The number of rotatable bonds is 4. The maximum atomic E-state index is 12.7. The highest BCUT2D eigenvalue weighted by atomic mass is 16.5. The molecule has 1 saturated carbocycles. The Labute approximate surface area is 146 Å². The van der Waals surface area contributed by atoms with Crippen molar-refractivity contribution in [2.45, 2.75) is 31.1 Å². The number of ether oxygens (including phenoxy) is 1. The second-order valence-electron chi connectivity index (χ2n) is 6.83. The molecule has 0 unspecified atom stereocenters. The van der Waals surface area contributed by atoms with Crippen LogP contribution in [0.2, 0.25) is 0 Å². The number of carbonyl (C=O) groups excluding carboxylic acids is 2. The van der Waals surface area contributed by atoms with Gasteiger partial charge in [0.15, 0.2) is 0 Å². The average molecular weight is 336 g/mol. The maximum absolute atomic E-state index is 12.7. The van der Waals surface area contributed by atoms with Gasteiger partial charge in [-0.1, -0.05) is 30.3 Å². The van der Waals surface area contributed by atoms with Gasteiger partial charge in [0, 0.05) is 11.3 Å². The molecular weight excluding hydrogens is 316 g/mol. The molecule has 5 nitrogen and oxygen atoms in total. The number of esters is 1. The van der Waals surface area contributed by atoms with E-state index >= 15 is 0 Å². The highest BCUT2D eigenvalue weighted by Gasteiger charge is 2.61. The fraction of sp³-hybridized carbons (Fsp3) is 0.350. The van der Waals surface area contributed by atoms with E-state index in [-0.39, 0.29) is 29.6 Å². The zero-order valence-corrected chi connectivity index (χ0v) is 14.1. The van der Waals surface area contributed by atoms with Gasteiger partial charge in [-0.05, 0) is 42.5 Å². The van der Waals surface area contributed by atoms with Crippen molar-refractivity contribution < 1.29 is 14.3 Å². The Balaban J connectivity index is 1.46. The van der Waals surface area contributed by atoms with Gasteiger partial charge >= 0.3 is 5.97 Å². The number of pyridine rings is 1. The summed E-state index contributed by atoms with van der Waals surface area (Å²) in [4.78, 5) is 28.4. The van der Waals surface area contributed by atoms with Gasteiger partial charge in [-0.3, -0.25) is 9.59 Å². The molecule has 2 aromatic rings. The second kappa shape index (κ2) is 5.99. The smallest absolute Gasteiger partial charge is 0.311 e. The van der Waals surface area contributed by atoms with Crippen molar-refractivity contribution in [3.63, 3.8) is 0 Å². The van der Waals surface area contributed by atoms with Crippen molar-refractivity contribution in [1.29, 1.82) is 0 Å². The van der Waals surface area contributed by atoms with Crippen molar-refractivity contribution in [3.05, 3.63) is 59.3 Å². The zero-order valence-electron chi connectivity index (χ0n) is 14.1. The third-order valence-electron chi connectivity index (χ3n) is 5.40. The molecule has 1 spiro atoms. The lowest BCUT2D eigenvalue weighted by Gasteiger charge is -2.12. The fourth-order valence-corrected chi connectivity index (χ4v) is 4.02. The number of fused-ring (bicyclic) bond motifs is 2.